The second-order valence-electron chi connectivity index (χ2n) is 3.14. The maximum Gasteiger partial charge on any atom is 0.228 e. The van der Waals surface area contributed by atoms with E-state index in [4.69, 9.17) is 0 Å². The van der Waals surface area contributed by atoms with E-state index in [1.54, 1.807) is 17.1 Å². The predicted molar refractivity (Wildman–Crippen MR) is 61.0 cm³/mol. The number of nitrogens with zero attached hydrogens (tertiary/aromatic N) is 4. The molecule has 5 nitrogen and oxygen atoms in total. The second kappa shape index (κ2) is 3.98. The SMILES string of the molecule is Cc1cc(Nc2ncc(Br)cn2)nn1C. The number of anilines is 2. The average Bonchev–Trinajstić information content (AvgIpc) is 2.50. The van der Waals surface area contributed by atoms with E-state index in [1.165, 1.54) is 0 Å². The lowest BCUT2D eigenvalue weighted by atomic mass is 10.5. The van der Waals surface area contributed by atoms with Gasteiger partial charge in [0.1, 0.15) is 0 Å². The summed E-state index contributed by atoms with van der Waals surface area (Å²) in [4.78, 5) is 8.19. The molecule has 0 saturated carbocycles. The summed E-state index contributed by atoms with van der Waals surface area (Å²) in [5.41, 5.74) is 1.08. The van der Waals surface area contributed by atoms with Gasteiger partial charge in [0.25, 0.3) is 0 Å². The summed E-state index contributed by atoms with van der Waals surface area (Å²) in [5.74, 6) is 1.29. The van der Waals surface area contributed by atoms with Gasteiger partial charge in [-0.05, 0) is 22.9 Å². The van der Waals surface area contributed by atoms with Gasteiger partial charge in [-0.3, -0.25) is 4.68 Å². The van der Waals surface area contributed by atoms with E-state index in [9.17, 15) is 0 Å². The third-order valence-corrected chi connectivity index (χ3v) is 2.38. The van der Waals surface area contributed by atoms with Gasteiger partial charge in [-0.15, -0.1) is 0 Å². The summed E-state index contributed by atoms with van der Waals surface area (Å²) < 4.78 is 2.64. The van der Waals surface area contributed by atoms with E-state index in [-0.39, 0.29) is 0 Å². The minimum atomic E-state index is 0.538. The molecular formula is C9H10BrN5. The molecule has 0 unspecified atom stereocenters. The minimum absolute atomic E-state index is 0.538. The molecule has 15 heavy (non-hydrogen) atoms. The maximum absolute atomic E-state index is 4.24. The van der Waals surface area contributed by atoms with E-state index < -0.39 is 0 Å². The first-order valence-electron chi connectivity index (χ1n) is 4.40. The van der Waals surface area contributed by atoms with Crippen molar-refractivity contribution in [3.8, 4) is 0 Å². The molecule has 6 heteroatoms. The van der Waals surface area contributed by atoms with Crippen molar-refractivity contribution in [2.75, 3.05) is 5.32 Å². The van der Waals surface area contributed by atoms with E-state index >= 15 is 0 Å². The summed E-state index contributed by atoms with van der Waals surface area (Å²) in [6, 6.07) is 1.94. The highest BCUT2D eigenvalue weighted by atomic mass is 79.9. The summed E-state index contributed by atoms with van der Waals surface area (Å²) in [5, 5.41) is 7.26. The average molecular weight is 268 g/mol. The van der Waals surface area contributed by atoms with Crippen molar-refractivity contribution in [1.82, 2.24) is 19.7 Å². The first kappa shape index (κ1) is 10.1. The van der Waals surface area contributed by atoms with Gasteiger partial charge < -0.3 is 5.32 Å². The Morgan fingerprint density at radius 2 is 2.00 bits per heavy atom. The number of rotatable bonds is 2. The zero-order valence-corrected chi connectivity index (χ0v) is 9.98. The molecule has 0 radical (unpaired) electrons. The first-order valence-corrected chi connectivity index (χ1v) is 5.19. The molecule has 1 N–H and O–H groups in total. The number of halogens is 1. The van der Waals surface area contributed by atoms with Crippen LogP contribution in [-0.2, 0) is 7.05 Å². The lowest BCUT2D eigenvalue weighted by Crippen LogP contribution is -1.98. The van der Waals surface area contributed by atoms with Crippen LogP contribution in [0.1, 0.15) is 5.69 Å². The predicted octanol–water partition coefficient (Wildman–Crippen LogP) is 2.02. The Labute approximate surface area is 95.7 Å². The van der Waals surface area contributed by atoms with Crippen LogP contribution in [0.4, 0.5) is 11.8 Å². The van der Waals surface area contributed by atoms with Gasteiger partial charge in [-0.1, -0.05) is 0 Å². The number of nitrogens with one attached hydrogen (secondary N) is 1. The fourth-order valence-electron chi connectivity index (χ4n) is 1.11. The van der Waals surface area contributed by atoms with Gasteiger partial charge in [0.15, 0.2) is 5.82 Å². The summed E-state index contributed by atoms with van der Waals surface area (Å²) in [6.07, 6.45) is 3.37. The summed E-state index contributed by atoms with van der Waals surface area (Å²) >= 11 is 3.27. The molecule has 78 valence electrons. The molecule has 2 aromatic rings. The molecule has 0 atom stereocenters. The molecule has 2 heterocycles. The van der Waals surface area contributed by atoms with Crippen LogP contribution >= 0.6 is 15.9 Å². The topological polar surface area (TPSA) is 55.6 Å². The van der Waals surface area contributed by atoms with Crippen LogP contribution in [0.5, 0.6) is 0 Å². The first-order chi connectivity index (χ1) is 7.15. The Bertz CT molecular complexity index is 442. The van der Waals surface area contributed by atoms with E-state index in [1.807, 2.05) is 20.0 Å². The van der Waals surface area contributed by atoms with Crippen LogP contribution < -0.4 is 5.32 Å². The number of hydrogen-bond donors (Lipinski definition) is 1. The zero-order chi connectivity index (χ0) is 10.8. The largest absolute Gasteiger partial charge is 0.307 e. The van der Waals surface area contributed by atoms with Crippen LogP contribution in [-0.4, -0.2) is 19.7 Å². The van der Waals surface area contributed by atoms with Crippen LogP contribution in [0.3, 0.4) is 0 Å². The normalized spacial score (nSPS) is 10.3. The Morgan fingerprint density at radius 1 is 1.33 bits per heavy atom. The molecule has 0 amide bonds. The Kier molecular flexibility index (Phi) is 2.68. The van der Waals surface area contributed by atoms with E-state index in [2.05, 4.69) is 36.3 Å². The monoisotopic (exact) mass is 267 g/mol. The Balaban J connectivity index is 2.18. The van der Waals surface area contributed by atoms with Crippen molar-refractivity contribution in [3.63, 3.8) is 0 Å². The van der Waals surface area contributed by atoms with Crippen molar-refractivity contribution in [2.45, 2.75) is 6.92 Å². The number of aryl methyl sites for hydroxylation is 2. The zero-order valence-electron chi connectivity index (χ0n) is 8.40. The third-order valence-electron chi connectivity index (χ3n) is 1.97. The highest BCUT2D eigenvalue weighted by Gasteiger charge is 2.02. The van der Waals surface area contributed by atoms with Crippen molar-refractivity contribution in [1.29, 1.82) is 0 Å². The molecule has 0 aliphatic carbocycles. The second-order valence-corrected chi connectivity index (χ2v) is 4.06. The lowest BCUT2D eigenvalue weighted by molar-refractivity contribution is 0.742. The molecule has 0 bridgehead atoms. The van der Waals surface area contributed by atoms with Crippen LogP contribution in [0.15, 0.2) is 22.9 Å². The van der Waals surface area contributed by atoms with E-state index in [0.29, 0.717) is 5.95 Å². The highest BCUT2D eigenvalue weighted by Crippen LogP contribution is 2.13. The van der Waals surface area contributed by atoms with Gasteiger partial charge in [-0.25, -0.2) is 9.97 Å². The molecule has 2 rings (SSSR count). The maximum atomic E-state index is 4.24. The highest BCUT2D eigenvalue weighted by molar-refractivity contribution is 9.10. The standard InChI is InChI=1S/C9H10BrN5/c1-6-3-8(14-15(6)2)13-9-11-4-7(10)5-12-9/h3-5H,1-2H3,(H,11,12,13,14). The van der Waals surface area contributed by atoms with Crippen molar-refractivity contribution >= 4 is 27.7 Å². The smallest absolute Gasteiger partial charge is 0.228 e. The van der Waals surface area contributed by atoms with E-state index in [0.717, 1.165) is 16.0 Å². The van der Waals surface area contributed by atoms with Crippen LogP contribution in [0.25, 0.3) is 0 Å². The molecule has 0 aliphatic heterocycles. The summed E-state index contributed by atoms with van der Waals surface area (Å²) in [6.45, 7) is 1.99. The quantitative estimate of drug-likeness (QED) is 0.905. The van der Waals surface area contributed by atoms with Crippen molar-refractivity contribution < 1.29 is 0 Å². The van der Waals surface area contributed by atoms with Gasteiger partial charge in [-0.2, -0.15) is 5.10 Å². The third kappa shape index (κ3) is 2.33. The molecule has 0 aromatic carbocycles. The molecule has 2 aromatic heterocycles. The lowest BCUT2D eigenvalue weighted by Gasteiger charge is -1.99. The van der Waals surface area contributed by atoms with Crippen LogP contribution in [0.2, 0.25) is 0 Å². The molecule has 0 saturated heterocycles. The fraction of sp³-hybridized carbons (Fsp3) is 0.222. The van der Waals surface area contributed by atoms with Gasteiger partial charge in [0.05, 0.1) is 4.47 Å². The Hall–Kier alpha value is -1.43. The van der Waals surface area contributed by atoms with Crippen molar-refractivity contribution in [2.24, 2.45) is 7.05 Å². The molecule has 0 aliphatic rings. The van der Waals surface area contributed by atoms with Gasteiger partial charge in [0.2, 0.25) is 5.95 Å². The van der Waals surface area contributed by atoms with Crippen molar-refractivity contribution in [3.05, 3.63) is 28.6 Å². The summed E-state index contributed by atoms with van der Waals surface area (Å²) in [7, 11) is 1.89. The Morgan fingerprint density at radius 3 is 2.53 bits per heavy atom. The molecule has 0 spiro atoms. The fourth-order valence-corrected chi connectivity index (χ4v) is 1.32. The van der Waals surface area contributed by atoms with Gasteiger partial charge in [0, 0.05) is 31.2 Å². The molecular weight excluding hydrogens is 258 g/mol. The minimum Gasteiger partial charge on any atom is -0.307 e. The number of hydrogen-bond acceptors (Lipinski definition) is 4. The molecule has 0 fully saturated rings. The van der Waals surface area contributed by atoms with Gasteiger partial charge >= 0.3 is 0 Å². The van der Waals surface area contributed by atoms with Crippen LogP contribution in [0, 0.1) is 6.92 Å². The number of aromatic nitrogens is 4.